The summed E-state index contributed by atoms with van der Waals surface area (Å²) >= 11 is 0. The van der Waals surface area contributed by atoms with E-state index in [-0.39, 0.29) is 12.5 Å². The second-order valence-electron chi connectivity index (χ2n) is 5.58. The van der Waals surface area contributed by atoms with Crippen LogP contribution in [0.25, 0.3) is 0 Å². The Kier molecular flexibility index (Phi) is 7.68. The van der Waals surface area contributed by atoms with Crippen molar-refractivity contribution in [1.29, 1.82) is 0 Å². The highest BCUT2D eigenvalue weighted by Crippen LogP contribution is 2.19. The van der Waals surface area contributed by atoms with Crippen molar-refractivity contribution in [3.63, 3.8) is 0 Å². The van der Waals surface area contributed by atoms with Gasteiger partial charge in [-0.25, -0.2) is 0 Å². The van der Waals surface area contributed by atoms with Crippen LogP contribution in [0.15, 0.2) is 54.6 Å². The Labute approximate surface area is 143 Å². The molecule has 1 N–H and O–H groups in total. The first-order valence-electron chi connectivity index (χ1n) is 8.44. The Bertz CT molecular complexity index is 613. The molecule has 0 saturated carbocycles. The van der Waals surface area contributed by atoms with E-state index in [1.807, 2.05) is 54.6 Å². The first kappa shape index (κ1) is 17.9. The van der Waals surface area contributed by atoms with Crippen LogP contribution in [0.1, 0.15) is 31.7 Å². The number of rotatable bonds is 10. The van der Waals surface area contributed by atoms with Crippen LogP contribution in [0.4, 0.5) is 0 Å². The third-order valence-corrected chi connectivity index (χ3v) is 3.52. The summed E-state index contributed by atoms with van der Waals surface area (Å²) in [6.45, 7) is 3.36. The van der Waals surface area contributed by atoms with E-state index in [2.05, 4.69) is 12.2 Å². The topological polar surface area (TPSA) is 47.6 Å². The van der Waals surface area contributed by atoms with Gasteiger partial charge in [0.25, 0.3) is 5.91 Å². The van der Waals surface area contributed by atoms with Gasteiger partial charge < -0.3 is 14.8 Å². The number of benzene rings is 2. The second-order valence-corrected chi connectivity index (χ2v) is 5.58. The van der Waals surface area contributed by atoms with Crippen LogP contribution in [-0.4, -0.2) is 19.1 Å². The third-order valence-electron chi connectivity index (χ3n) is 3.52. The first-order valence-corrected chi connectivity index (χ1v) is 8.44. The molecule has 0 heterocycles. The van der Waals surface area contributed by atoms with E-state index in [0.29, 0.717) is 18.9 Å². The van der Waals surface area contributed by atoms with Gasteiger partial charge in [-0.15, -0.1) is 0 Å². The molecule has 0 unspecified atom stereocenters. The summed E-state index contributed by atoms with van der Waals surface area (Å²) in [7, 11) is 0. The summed E-state index contributed by atoms with van der Waals surface area (Å²) in [4.78, 5) is 11.9. The molecule has 0 aliphatic rings. The van der Waals surface area contributed by atoms with Crippen LogP contribution in [0.3, 0.4) is 0 Å². The molecular formula is C20H25NO3. The Balaban J connectivity index is 1.72. The molecule has 0 saturated heterocycles. The number of ether oxygens (including phenoxy) is 2. The van der Waals surface area contributed by atoms with Crippen molar-refractivity contribution in [2.75, 3.05) is 13.2 Å². The van der Waals surface area contributed by atoms with E-state index >= 15 is 0 Å². The van der Waals surface area contributed by atoms with Crippen molar-refractivity contribution in [2.24, 2.45) is 0 Å². The lowest BCUT2D eigenvalue weighted by atomic mass is 10.2. The quantitative estimate of drug-likeness (QED) is 0.672. The molecule has 0 aromatic heterocycles. The molecule has 0 radical (unpaired) electrons. The molecule has 0 fully saturated rings. The van der Waals surface area contributed by atoms with Gasteiger partial charge in [-0.2, -0.15) is 0 Å². The number of nitrogens with one attached hydrogen (secondary N) is 1. The lowest BCUT2D eigenvalue weighted by Gasteiger charge is -2.10. The molecule has 2 aromatic carbocycles. The van der Waals surface area contributed by atoms with Crippen molar-refractivity contribution >= 4 is 5.91 Å². The van der Waals surface area contributed by atoms with Crippen molar-refractivity contribution in [1.82, 2.24) is 5.32 Å². The molecule has 0 aliphatic carbocycles. The van der Waals surface area contributed by atoms with Crippen LogP contribution in [0, 0.1) is 0 Å². The number of hydrogen-bond acceptors (Lipinski definition) is 3. The van der Waals surface area contributed by atoms with Crippen LogP contribution >= 0.6 is 0 Å². The van der Waals surface area contributed by atoms with Crippen molar-refractivity contribution in [3.8, 4) is 11.5 Å². The SMILES string of the molecule is CCCCCOc1cccc(OCC(=O)NCc2ccccc2)c1. The third kappa shape index (κ3) is 6.73. The van der Waals surface area contributed by atoms with Gasteiger partial charge in [-0.05, 0) is 24.1 Å². The van der Waals surface area contributed by atoms with E-state index in [0.717, 1.165) is 24.2 Å². The first-order chi connectivity index (χ1) is 11.8. The molecule has 4 nitrogen and oxygen atoms in total. The smallest absolute Gasteiger partial charge is 0.258 e. The maximum Gasteiger partial charge on any atom is 0.258 e. The molecule has 128 valence electrons. The Morgan fingerprint density at radius 1 is 0.958 bits per heavy atom. The number of hydrogen-bond donors (Lipinski definition) is 1. The number of carbonyl (C=O) groups is 1. The average Bonchev–Trinajstić information content (AvgIpc) is 2.63. The summed E-state index contributed by atoms with van der Waals surface area (Å²) in [5, 5.41) is 2.84. The molecule has 2 rings (SSSR count). The molecule has 1 amide bonds. The van der Waals surface area contributed by atoms with Crippen molar-refractivity contribution in [3.05, 3.63) is 60.2 Å². The minimum atomic E-state index is -0.145. The number of carbonyl (C=O) groups excluding carboxylic acids is 1. The Morgan fingerprint density at radius 3 is 2.46 bits per heavy atom. The monoisotopic (exact) mass is 327 g/mol. The highest BCUT2D eigenvalue weighted by molar-refractivity contribution is 5.77. The van der Waals surface area contributed by atoms with Gasteiger partial charge in [0.1, 0.15) is 11.5 Å². The Hall–Kier alpha value is -2.49. The maximum absolute atomic E-state index is 11.9. The van der Waals surface area contributed by atoms with E-state index in [9.17, 15) is 4.79 Å². The van der Waals surface area contributed by atoms with Crippen LogP contribution in [0.2, 0.25) is 0 Å². The van der Waals surface area contributed by atoms with E-state index < -0.39 is 0 Å². The largest absolute Gasteiger partial charge is 0.493 e. The minimum absolute atomic E-state index is 0.00782. The second kappa shape index (κ2) is 10.3. The Morgan fingerprint density at radius 2 is 1.71 bits per heavy atom. The van der Waals surface area contributed by atoms with Crippen molar-refractivity contribution in [2.45, 2.75) is 32.7 Å². The molecular weight excluding hydrogens is 302 g/mol. The van der Waals surface area contributed by atoms with Gasteiger partial charge in [-0.1, -0.05) is 56.2 Å². The zero-order valence-electron chi connectivity index (χ0n) is 14.2. The van der Waals surface area contributed by atoms with Gasteiger partial charge in [0.2, 0.25) is 0 Å². The lowest BCUT2D eigenvalue weighted by molar-refractivity contribution is -0.123. The van der Waals surface area contributed by atoms with Crippen LogP contribution < -0.4 is 14.8 Å². The van der Waals surface area contributed by atoms with Crippen LogP contribution in [-0.2, 0) is 11.3 Å². The molecule has 0 atom stereocenters. The van der Waals surface area contributed by atoms with Crippen molar-refractivity contribution < 1.29 is 14.3 Å². The molecule has 0 aliphatic heterocycles. The minimum Gasteiger partial charge on any atom is -0.493 e. The van der Waals surface area contributed by atoms with Gasteiger partial charge in [-0.3, -0.25) is 4.79 Å². The molecule has 2 aromatic rings. The summed E-state index contributed by atoms with van der Waals surface area (Å²) in [6, 6.07) is 17.2. The zero-order chi connectivity index (χ0) is 17.0. The molecule has 0 bridgehead atoms. The highest BCUT2D eigenvalue weighted by atomic mass is 16.5. The fraction of sp³-hybridized carbons (Fsp3) is 0.350. The molecule has 0 spiro atoms. The van der Waals surface area contributed by atoms with Gasteiger partial charge in [0, 0.05) is 12.6 Å². The summed E-state index contributed by atoms with van der Waals surface area (Å²) in [5.41, 5.74) is 1.06. The molecule has 4 heteroatoms. The fourth-order valence-electron chi connectivity index (χ4n) is 2.19. The normalized spacial score (nSPS) is 10.2. The van der Waals surface area contributed by atoms with Gasteiger partial charge >= 0.3 is 0 Å². The number of amides is 1. The van der Waals surface area contributed by atoms with E-state index in [1.165, 1.54) is 6.42 Å². The standard InChI is InChI=1S/C20H25NO3/c1-2-3-7-13-23-18-11-8-12-19(14-18)24-16-20(22)21-15-17-9-5-4-6-10-17/h4-6,8-12,14H,2-3,7,13,15-16H2,1H3,(H,21,22). The summed E-state index contributed by atoms with van der Waals surface area (Å²) in [6.07, 6.45) is 3.38. The summed E-state index contributed by atoms with van der Waals surface area (Å²) < 4.78 is 11.2. The average molecular weight is 327 g/mol. The zero-order valence-corrected chi connectivity index (χ0v) is 14.2. The lowest BCUT2D eigenvalue weighted by Crippen LogP contribution is -2.28. The highest BCUT2D eigenvalue weighted by Gasteiger charge is 2.04. The predicted octanol–water partition coefficient (Wildman–Crippen LogP) is 3.95. The van der Waals surface area contributed by atoms with Gasteiger partial charge in [0.05, 0.1) is 6.61 Å². The summed E-state index contributed by atoms with van der Waals surface area (Å²) in [5.74, 6) is 1.26. The van der Waals surface area contributed by atoms with Crippen LogP contribution in [0.5, 0.6) is 11.5 Å². The fourth-order valence-corrected chi connectivity index (χ4v) is 2.19. The number of unbranched alkanes of at least 4 members (excludes halogenated alkanes) is 2. The molecule has 24 heavy (non-hydrogen) atoms. The van der Waals surface area contributed by atoms with E-state index in [4.69, 9.17) is 9.47 Å². The maximum atomic E-state index is 11.9. The van der Waals surface area contributed by atoms with Gasteiger partial charge in [0.15, 0.2) is 6.61 Å². The van der Waals surface area contributed by atoms with E-state index in [1.54, 1.807) is 0 Å². The predicted molar refractivity (Wildman–Crippen MR) is 95.2 cm³/mol.